The maximum atomic E-state index is 10.6. The fourth-order valence-electron chi connectivity index (χ4n) is 0.527. The second-order valence-electron chi connectivity index (χ2n) is 2.38. The Kier molecular flexibility index (Phi) is 6.36. The summed E-state index contributed by atoms with van der Waals surface area (Å²) in [4.78, 5) is 10.6. The fourth-order valence-corrected chi connectivity index (χ4v) is 1.38. The predicted molar refractivity (Wildman–Crippen MR) is 47.6 cm³/mol. The lowest BCUT2D eigenvalue weighted by Crippen LogP contribution is -2.18. The molecule has 0 heterocycles. The summed E-state index contributed by atoms with van der Waals surface area (Å²) in [5, 5.41) is 0. The normalized spacial score (nSPS) is 12.6. The second-order valence-corrected chi connectivity index (χ2v) is 3.53. The summed E-state index contributed by atoms with van der Waals surface area (Å²) in [5.41, 5.74) is 5.50. The highest BCUT2D eigenvalue weighted by atomic mass is 32.2. The van der Waals surface area contributed by atoms with Gasteiger partial charge in [0.15, 0.2) is 0 Å². The van der Waals surface area contributed by atoms with Crippen molar-refractivity contribution in [1.82, 2.24) is 0 Å². The summed E-state index contributed by atoms with van der Waals surface area (Å²) in [7, 11) is 1.40. The first kappa shape index (κ1) is 10.8. The minimum absolute atomic E-state index is 0.151. The molecule has 1 atom stereocenters. The van der Waals surface area contributed by atoms with E-state index in [4.69, 9.17) is 5.73 Å². The van der Waals surface area contributed by atoms with Gasteiger partial charge < -0.3 is 10.5 Å². The molecule has 4 heteroatoms. The fraction of sp³-hybridized carbons (Fsp3) is 0.857. The topological polar surface area (TPSA) is 52.3 Å². The lowest BCUT2D eigenvalue weighted by molar-refractivity contribution is -0.140. The van der Waals surface area contributed by atoms with Crippen molar-refractivity contribution in [3.05, 3.63) is 0 Å². The number of rotatable bonds is 5. The zero-order valence-corrected chi connectivity index (χ0v) is 7.82. The van der Waals surface area contributed by atoms with Gasteiger partial charge in [-0.2, -0.15) is 11.8 Å². The van der Waals surface area contributed by atoms with Crippen LogP contribution >= 0.6 is 11.8 Å². The molecule has 2 N–H and O–H groups in total. The zero-order valence-electron chi connectivity index (χ0n) is 7.00. The molecule has 0 amide bonds. The summed E-state index contributed by atoms with van der Waals surface area (Å²) in [5.74, 6) is 1.55. The SMILES string of the molecule is COC(=O)CCSCC(C)N. The third-order valence-corrected chi connectivity index (χ3v) is 2.31. The summed E-state index contributed by atoms with van der Waals surface area (Å²) in [6, 6.07) is 0.206. The van der Waals surface area contributed by atoms with Crippen molar-refractivity contribution in [3.8, 4) is 0 Å². The lowest BCUT2D eigenvalue weighted by atomic mass is 10.4. The van der Waals surface area contributed by atoms with E-state index < -0.39 is 0 Å². The van der Waals surface area contributed by atoms with Crippen LogP contribution in [0.25, 0.3) is 0 Å². The summed E-state index contributed by atoms with van der Waals surface area (Å²) >= 11 is 1.68. The van der Waals surface area contributed by atoms with Crippen LogP contribution in [0, 0.1) is 0 Å². The molecule has 1 unspecified atom stereocenters. The quantitative estimate of drug-likeness (QED) is 0.494. The van der Waals surface area contributed by atoms with Crippen LogP contribution in [0.1, 0.15) is 13.3 Å². The molecule has 0 saturated carbocycles. The zero-order chi connectivity index (χ0) is 8.69. The predicted octanol–water partition coefficient (Wildman–Crippen LogP) is 0.630. The van der Waals surface area contributed by atoms with Gasteiger partial charge in [-0.15, -0.1) is 0 Å². The van der Waals surface area contributed by atoms with Crippen molar-refractivity contribution in [2.45, 2.75) is 19.4 Å². The molecule has 0 aliphatic heterocycles. The Bertz CT molecular complexity index is 117. The molecule has 0 aromatic heterocycles. The van der Waals surface area contributed by atoms with Crippen LogP contribution in [0.5, 0.6) is 0 Å². The molecule has 0 bridgehead atoms. The maximum absolute atomic E-state index is 10.6. The van der Waals surface area contributed by atoms with Crippen molar-refractivity contribution in [2.75, 3.05) is 18.6 Å². The van der Waals surface area contributed by atoms with Gasteiger partial charge in [-0.3, -0.25) is 4.79 Å². The third kappa shape index (κ3) is 7.68. The average Bonchev–Trinajstić information content (AvgIpc) is 1.97. The van der Waals surface area contributed by atoms with Gasteiger partial charge in [-0.05, 0) is 6.92 Å². The number of thioether (sulfide) groups is 1. The number of carbonyl (C=O) groups excluding carboxylic acids is 1. The third-order valence-electron chi connectivity index (χ3n) is 1.06. The highest BCUT2D eigenvalue weighted by Crippen LogP contribution is 2.03. The monoisotopic (exact) mass is 177 g/mol. The van der Waals surface area contributed by atoms with Crippen LogP contribution in [-0.4, -0.2) is 30.6 Å². The first-order chi connectivity index (χ1) is 5.16. The van der Waals surface area contributed by atoms with Crippen LogP contribution in [0.15, 0.2) is 0 Å². The van der Waals surface area contributed by atoms with E-state index in [0.29, 0.717) is 6.42 Å². The minimum atomic E-state index is -0.151. The Labute approximate surface area is 71.7 Å². The summed E-state index contributed by atoms with van der Waals surface area (Å²) in [6.45, 7) is 1.95. The van der Waals surface area contributed by atoms with E-state index in [0.717, 1.165) is 11.5 Å². The molecule has 0 fully saturated rings. The number of ether oxygens (including phenoxy) is 1. The molecular weight excluding hydrogens is 162 g/mol. The Morgan fingerprint density at radius 2 is 2.36 bits per heavy atom. The van der Waals surface area contributed by atoms with E-state index in [1.54, 1.807) is 11.8 Å². The maximum Gasteiger partial charge on any atom is 0.306 e. The molecule has 0 spiro atoms. The van der Waals surface area contributed by atoms with Crippen LogP contribution < -0.4 is 5.73 Å². The smallest absolute Gasteiger partial charge is 0.306 e. The number of methoxy groups -OCH3 is 1. The molecule has 3 nitrogen and oxygen atoms in total. The van der Waals surface area contributed by atoms with Crippen LogP contribution in [0.3, 0.4) is 0 Å². The Morgan fingerprint density at radius 3 is 2.82 bits per heavy atom. The van der Waals surface area contributed by atoms with Gasteiger partial charge in [-0.1, -0.05) is 0 Å². The van der Waals surface area contributed by atoms with Gasteiger partial charge >= 0.3 is 5.97 Å². The van der Waals surface area contributed by atoms with E-state index in [1.165, 1.54) is 7.11 Å². The van der Waals surface area contributed by atoms with Crippen LogP contribution in [0.2, 0.25) is 0 Å². The van der Waals surface area contributed by atoms with Crippen molar-refractivity contribution < 1.29 is 9.53 Å². The van der Waals surface area contributed by atoms with E-state index in [9.17, 15) is 4.79 Å². The number of hydrogen-bond acceptors (Lipinski definition) is 4. The molecule has 66 valence electrons. The van der Waals surface area contributed by atoms with Crippen molar-refractivity contribution in [1.29, 1.82) is 0 Å². The molecule has 0 aromatic carbocycles. The van der Waals surface area contributed by atoms with Crippen molar-refractivity contribution in [3.63, 3.8) is 0 Å². The van der Waals surface area contributed by atoms with Crippen LogP contribution in [0.4, 0.5) is 0 Å². The summed E-state index contributed by atoms with van der Waals surface area (Å²) in [6.07, 6.45) is 0.480. The minimum Gasteiger partial charge on any atom is -0.469 e. The highest BCUT2D eigenvalue weighted by Gasteiger charge is 2.00. The Morgan fingerprint density at radius 1 is 1.73 bits per heavy atom. The molecule has 11 heavy (non-hydrogen) atoms. The highest BCUT2D eigenvalue weighted by molar-refractivity contribution is 7.99. The molecular formula is C7H15NO2S. The van der Waals surface area contributed by atoms with E-state index in [2.05, 4.69) is 4.74 Å². The second kappa shape index (κ2) is 6.49. The van der Waals surface area contributed by atoms with Gasteiger partial charge in [0.25, 0.3) is 0 Å². The van der Waals surface area contributed by atoms with E-state index >= 15 is 0 Å². The van der Waals surface area contributed by atoms with Gasteiger partial charge in [0.2, 0.25) is 0 Å². The molecule has 0 aromatic rings. The average molecular weight is 177 g/mol. The molecule has 0 aliphatic carbocycles. The van der Waals surface area contributed by atoms with Gasteiger partial charge in [0.1, 0.15) is 0 Å². The Hall–Kier alpha value is -0.220. The largest absolute Gasteiger partial charge is 0.469 e. The van der Waals surface area contributed by atoms with E-state index in [-0.39, 0.29) is 12.0 Å². The number of nitrogens with two attached hydrogens (primary N) is 1. The Balaban J connectivity index is 3.08. The van der Waals surface area contributed by atoms with Crippen molar-refractivity contribution >= 4 is 17.7 Å². The standard InChI is InChI=1S/C7H15NO2S/c1-6(8)5-11-4-3-7(9)10-2/h6H,3-5,8H2,1-2H3. The first-order valence-corrected chi connectivity index (χ1v) is 4.72. The van der Waals surface area contributed by atoms with Gasteiger partial charge in [0, 0.05) is 17.5 Å². The van der Waals surface area contributed by atoms with Crippen LogP contribution in [-0.2, 0) is 9.53 Å². The summed E-state index contributed by atoms with van der Waals surface area (Å²) < 4.78 is 4.47. The van der Waals surface area contributed by atoms with E-state index in [1.807, 2.05) is 6.92 Å². The van der Waals surface area contributed by atoms with Crippen molar-refractivity contribution in [2.24, 2.45) is 5.73 Å². The molecule has 0 aliphatic rings. The molecule has 0 rings (SSSR count). The lowest BCUT2D eigenvalue weighted by Gasteiger charge is -2.03. The van der Waals surface area contributed by atoms with Gasteiger partial charge in [-0.25, -0.2) is 0 Å². The number of hydrogen-bond donors (Lipinski definition) is 1. The molecule has 0 radical (unpaired) electrons. The van der Waals surface area contributed by atoms with Gasteiger partial charge in [0.05, 0.1) is 13.5 Å². The number of esters is 1. The first-order valence-electron chi connectivity index (χ1n) is 3.57. The number of carbonyl (C=O) groups is 1. The molecule has 0 saturated heterocycles.